The third-order valence-electron chi connectivity index (χ3n) is 3.14. The number of methoxy groups -OCH3 is 2. The van der Waals surface area contributed by atoms with Crippen LogP contribution in [0.4, 0.5) is 11.4 Å². The van der Waals surface area contributed by atoms with Gasteiger partial charge in [0, 0.05) is 11.8 Å². The van der Waals surface area contributed by atoms with E-state index in [-0.39, 0.29) is 5.56 Å². The monoisotopic (exact) mass is 330 g/mol. The fraction of sp³-hybridized carbons (Fsp3) is 0.176. The van der Waals surface area contributed by atoms with Gasteiger partial charge >= 0.3 is 5.97 Å². The van der Waals surface area contributed by atoms with E-state index >= 15 is 0 Å². The number of hydrogen-bond acceptors (Lipinski definition) is 6. The van der Waals surface area contributed by atoms with Crippen molar-refractivity contribution in [1.29, 1.82) is 0 Å². The summed E-state index contributed by atoms with van der Waals surface area (Å²) in [7, 11) is 3.00. The molecule has 0 unspecified atom stereocenters. The van der Waals surface area contributed by atoms with Crippen LogP contribution in [0.25, 0.3) is 0 Å². The summed E-state index contributed by atoms with van der Waals surface area (Å²) < 4.78 is 15.2. The summed E-state index contributed by atoms with van der Waals surface area (Å²) in [6.07, 6.45) is 0. The number of carbonyl (C=O) groups is 2. The first-order valence-corrected chi connectivity index (χ1v) is 7.08. The summed E-state index contributed by atoms with van der Waals surface area (Å²) in [6.45, 7) is -0.437. The first-order valence-electron chi connectivity index (χ1n) is 7.08. The molecule has 0 heterocycles. The average molecular weight is 330 g/mol. The lowest BCUT2D eigenvalue weighted by atomic mass is 10.2. The lowest BCUT2D eigenvalue weighted by Gasteiger charge is -2.12. The molecule has 1 amide bonds. The van der Waals surface area contributed by atoms with Gasteiger partial charge in [0.05, 0.1) is 25.5 Å². The molecule has 0 aliphatic carbocycles. The summed E-state index contributed by atoms with van der Waals surface area (Å²) in [5.41, 5.74) is 6.74. The molecule has 2 aromatic carbocycles. The minimum Gasteiger partial charge on any atom is -0.497 e. The Bertz CT molecular complexity index is 746. The van der Waals surface area contributed by atoms with Crippen molar-refractivity contribution in [3.05, 3.63) is 48.0 Å². The molecule has 3 N–H and O–H groups in total. The number of nitrogens with one attached hydrogen (secondary N) is 1. The molecule has 0 saturated carbocycles. The van der Waals surface area contributed by atoms with Crippen molar-refractivity contribution in [3.63, 3.8) is 0 Å². The minimum absolute atomic E-state index is 0.279. The van der Waals surface area contributed by atoms with Crippen LogP contribution >= 0.6 is 0 Å². The second-order valence-corrected chi connectivity index (χ2v) is 4.82. The van der Waals surface area contributed by atoms with Crippen LogP contribution in [0.15, 0.2) is 42.5 Å². The third kappa shape index (κ3) is 4.39. The topological polar surface area (TPSA) is 99.9 Å². The van der Waals surface area contributed by atoms with Crippen molar-refractivity contribution in [1.82, 2.24) is 0 Å². The number of rotatable bonds is 6. The Morgan fingerprint density at radius 3 is 2.54 bits per heavy atom. The first-order chi connectivity index (χ1) is 11.5. The van der Waals surface area contributed by atoms with Crippen LogP contribution in [-0.2, 0) is 9.53 Å². The molecule has 0 bridgehead atoms. The maximum absolute atomic E-state index is 12.0. The Labute approximate surface area is 139 Å². The van der Waals surface area contributed by atoms with E-state index in [1.54, 1.807) is 36.4 Å². The van der Waals surface area contributed by atoms with Crippen LogP contribution in [0, 0.1) is 0 Å². The molecule has 2 aromatic rings. The van der Waals surface area contributed by atoms with Gasteiger partial charge in [-0.15, -0.1) is 0 Å². The SMILES string of the molecule is COc1ccc(OC)c(NC(=O)COC(=O)c2cccc(N)c2)c1. The van der Waals surface area contributed by atoms with E-state index in [9.17, 15) is 9.59 Å². The van der Waals surface area contributed by atoms with Crippen LogP contribution in [0.2, 0.25) is 0 Å². The highest BCUT2D eigenvalue weighted by molar-refractivity contribution is 5.96. The molecule has 2 rings (SSSR count). The number of anilines is 2. The van der Waals surface area contributed by atoms with Gasteiger partial charge in [-0.05, 0) is 30.3 Å². The molecule has 0 aliphatic rings. The lowest BCUT2D eigenvalue weighted by Crippen LogP contribution is -2.21. The van der Waals surface area contributed by atoms with Crippen molar-refractivity contribution in [2.75, 3.05) is 31.9 Å². The molecule has 24 heavy (non-hydrogen) atoms. The second kappa shape index (κ2) is 7.87. The van der Waals surface area contributed by atoms with E-state index in [2.05, 4.69) is 5.32 Å². The minimum atomic E-state index is -0.630. The average Bonchev–Trinajstić information content (AvgIpc) is 2.59. The molecule has 0 radical (unpaired) electrons. The Morgan fingerprint density at radius 2 is 1.88 bits per heavy atom. The second-order valence-electron chi connectivity index (χ2n) is 4.82. The van der Waals surface area contributed by atoms with Gasteiger partial charge in [-0.3, -0.25) is 4.79 Å². The van der Waals surface area contributed by atoms with Gasteiger partial charge in [0.2, 0.25) is 0 Å². The predicted molar refractivity (Wildman–Crippen MR) is 89.3 cm³/mol. The molecule has 0 aliphatic heterocycles. The van der Waals surface area contributed by atoms with Gasteiger partial charge in [0.15, 0.2) is 6.61 Å². The smallest absolute Gasteiger partial charge is 0.338 e. The Kier molecular flexibility index (Phi) is 5.62. The van der Waals surface area contributed by atoms with E-state index in [0.717, 1.165) is 0 Å². The van der Waals surface area contributed by atoms with Crippen LogP contribution in [0.5, 0.6) is 11.5 Å². The van der Waals surface area contributed by atoms with Crippen LogP contribution in [0.1, 0.15) is 10.4 Å². The van der Waals surface area contributed by atoms with Gasteiger partial charge in [0.25, 0.3) is 5.91 Å². The number of nitrogens with two attached hydrogens (primary N) is 1. The molecule has 0 aromatic heterocycles. The summed E-state index contributed by atoms with van der Waals surface area (Å²) >= 11 is 0. The summed E-state index contributed by atoms with van der Waals surface area (Å²) in [6, 6.07) is 11.3. The van der Waals surface area contributed by atoms with Crippen molar-refractivity contribution in [2.45, 2.75) is 0 Å². The highest BCUT2D eigenvalue weighted by Crippen LogP contribution is 2.28. The molecule has 7 nitrogen and oxygen atoms in total. The summed E-state index contributed by atoms with van der Waals surface area (Å²) in [5.74, 6) is -0.108. The van der Waals surface area contributed by atoms with Crippen molar-refractivity contribution in [2.24, 2.45) is 0 Å². The molecule has 0 fully saturated rings. The highest BCUT2D eigenvalue weighted by Gasteiger charge is 2.13. The number of hydrogen-bond donors (Lipinski definition) is 2. The zero-order valence-corrected chi connectivity index (χ0v) is 13.4. The largest absolute Gasteiger partial charge is 0.497 e. The van der Waals surface area contributed by atoms with E-state index in [1.807, 2.05) is 0 Å². The Balaban J connectivity index is 1.97. The lowest BCUT2D eigenvalue weighted by molar-refractivity contribution is -0.119. The third-order valence-corrected chi connectivity index (χ3v) is 3.14. The van der Waals surface area contributed by atoms with Crippen LogP contribution in [-0.4, -0.2) is 32.7 Å². The standard InChI is InChI=1S/C17H18N2O5/c1-22-13-6-7-15(23-2)14(9-13)19-16(20)10-24-17(21)11-4-3-5-12(18)8-11/h3-9H,10,18H2,1-2H3,(H,19,20). The molecule has 0 saturated heterocycles. The molecular weight excluding hydrogens is 312 g/mol. The number of ether oxygens (including phenoxy) is 3. The number of esters is 1. The number of benzene rings is 2. The zero-order valence-electron chi connectivity index (χ0n) is 13.4. The van der Waals surface area contributed by atoms with E-state index in [1.165, 1.54) is 20.3 Å². The van der Waals surface area contributed by atoms with Gasteiger partial charge < -0.3 is 25.3 Å². The Hall–Kier alpha value is -3.22. The Morgan fingerprint density at radius 1 is 1.08 bits per heavy atom. The summed E-state index contributed by atoms with van der Waals surface area (Å²) in [4.78, 5) is 23.8. The normalized spacial score (nSPS) is 9.92. The number of carbonyl (C=O) groups excluding carboxylic acids is 2. The van der Waals surface area contributed by atoms with Gasteiger partial charge in [0.1, 0.15) is 11.5 Å². The molecule has 0 atom stereocenters. The first kappa shape index (κ1) is 17.1. The van der Waals surface area contributed by atoms with Gasteiger partial charge in [-0.1, -0.05) is 6.07 Å². The maximum atomic E-state index is 12.0. The molecular formula is C17H18N2O5. The fourth-order valence-electron chi connectivity index (χ4n) is 1.98. The van der Waals surface area contributed by atoms with E-state index < -0.39 is 18.5 Å². The number of nitrogen functional groups attached to an aromatic ring is 1. The fourth-order valence-corrected chi connectivity index (χ4v) is 1.98. The molecule has 126 valence electrons. The predicted octanol–water partition coefficient (Wildman–Crippen LogP) is 2.08. The van der Waals surface area contributed by atoms with Gasteiger partial charge in [-0.25, -0.2) is 4.79 Å². The highest BCUT2D eigenvalue weighted by atomic mass is 16.5. The zero-order chi connectivity index (χ0) is 17.5. The van der Waals surface area contributed by atoms with Gasteiger partial charge in [-0.2, -0.15) is 0 Å². The molecule has 0 spiro atoms. The van der Waals surface area contributed by atoms with E-state index in [0.29, 0.717) is 22.9 Å². The maximum Gasteiger partial charge on any atom is 0.338 e. The van der Waals surface area contributed by atoms with Crippen molar-refractivity contribution in [3.8, 4) is 11.5 Å². The molecule has 7 heteroatoms. The summed E-state index contributed by atoms with van der Waals surface area (Å²) in [5, 5.41) is 2.61. The van der Waals surface area contributed by atoms with E-state index in [4.69, 9.17) is 19.9 Å². The van der Waals surface area contributed by atoms with Crippen LogP contribution < -0.4 is 20.5 Å². The van der Waals surface area contributed by atoms with Crippen molar-refractivity contribution >= 4 is 23.3 Å². The quantitative estimate of drug-likeness (QED) is 0.621. The van der Waals surface area contributed by atoms with Crippen molar-refractivity contribution < 1.29 is 23.8 Å². The number of amides is 1. The van der Waals surface area contributed by atoms with Crippen LogP contribution in [0.3, 0.4) is 0 Å².